The maximum atomic E-state index is 12.2. The predicted molar refractivity (Wildman–Crippen MR) is 67.7 cm³/mol. The Morgan fingerprint density at radius 1 is 1.19 bits per heavy atom. The van der Waals surface area contributed by atoms with E-state index in [0.29, 0.717) is 6.42 Å². The van der Waals surface area contributed by atoms with Crippen LogP contribution in [0.3, 0.4) is 0 Å². The molecule has 0 rings (SSSR count). The first-order chi connectivity index (χ1) is 7.42. The highest BCUT2D eigenvalue weighted by atomic mass is 31.2. The molecule has 0 saturated carbocycles. The summed E-state index contributed by atoms with van der Waals surface area (Å²) in [5.74, 6) is -0.378. The third kappa shape index (κ3) is 4.54. The van der Waals surface area contributed by atoms with E-state index >= 15 is 0 Å². The molecule has 0 fully saturated rings. The molecule has 3 unspecified atom stereocenters. The molecule has 0 radical (unpaired) electrons. The maximum absolute atomic E-state index is 12.2. The molecule has 0 spiro atoms. The first-order valence-electron chi connectivity index (χ1n) is 6.17. The Labute approximate surface area is 99.5 Å². The molecule has 0 aromatic heterocycles. The van der Waals surface area contributed by atoms with Crippen LogP contribution in [0, 0.1) is 0 Å². The van der Waals surface area contributed by atoms with E-state index in [4.69, 9.17) is 4.52 Å². The normalized spacial score (nSPS) is 19.4. The first-order valence-corrected chi connectivity index (χ1v) is 7.82. The summed E-state index contributed by atoms with van der Waals surface area (Å²) >= 11 is 0. The van der Waals surface area contributed by atoms with Crippen LogP contribution in [-0.4, -0.2) is 34.8 Å². The van der Waals surface area contributed by atoms with Gasteiger partial charge >= 0.3 is 7.60 Å². The van der Waals surface area contributed by atoms with E-state index in [0.717, 1.165) is 19.5 Å². The van der Waals surface area contributed by atoms with Crippen molar-refractivity contribution in [3.8, 4) is 0 Å². The zero-order valence-corrected chi connectivity index (χ0v) is 12.0. The van der Waals surface area contributed by atoms with Crippen LogP contribution in [0.5, 0.6) is 0 Å². The van der Waals surface area contributed by atoms with E-state index in [9.17, 15) is 9.46 Å². The molecule has 0 aromatic carbocycles. The first kappa shape index (κ1) is 16.1. The quantitative estimate of drug-likeness (QED) is 0.673. The minimum atomic E-state index is -3.54. The van der Waals surface area contributed by atoms with Gasteiger partial charge in [0.25, 0.3) is 0 Å². The molecule has 0 saturated heterocycles. The van der Waals surface area contributed by atoms with E-state index in [1.165, 1.54) is 0 Å². The summed E-state index contributed by atoms with van der Waals surface area (Å²) in [6.07, 6.45) is 1.21. The molecule has 1 N–H and O–H groups in total. The second-order valence-electron chi connectivity index (χ2n) is 4.00. The summed E-state index contributed by atoms with van der Waals surface area (Å²) in [7, 11) is -3.54. The number of hydrogen-bond acceptors (Lipinski definition) is 3. The SMILES string of the molecule is CCC(C)OP(=O)(O)C(CC)N(CC)CC. The van der Waals surface area contributed by atoms with Crippen molar-refractivity contribution in [1.82, 2.24) is 4.90 Å². The van der Waals surface area contributed by atoms with Crippen LogP contribution in [0.1, 0.15) is 47.5 Å². The minimum Gasteiger partial charge on any atom is -0.323 e. The van der Waals surface area contributed by atoms with Crippen LogP contribution in [-0.2, 0) is 9.09 Å². The third-order valence-electron chi connectivity index (χ3n) is 2.88. The number of nitrogens with zero attached hydrogens (tertiary/aromatic N) is 1. The molecule has 0 aliphatic heterocycles. The number of rotatable bonds is 8. The van der Waals surface area contributed by atoms with Crippen molar-refractivity contribution in [3.05, 3.63) is 0 Å². The van der Waals surface area contributed by atoms with Crippen molar-refractivity contribution >= 4 is 7.60 Å². The Hall–Kier alpha value is 0.110. The standard InChI is InChI=1S/C11H26NO3P/c1-6-10(5)15-16(13,14)11(7-2)12(8-3)9-4/h10-11H,6-9H2,1-5H3,(H,13,14). The van der Waals surface area contributed by atoms with Crippen LogP contribution in [0.15, 0.2) is 0 Å². The maximum Gasteiger partial charge on any atom is 0.345 e. The smallest absolute Gasteiger partial charge is 0.323 e. The van der Waals surface area contributed by atoms with Gasteiger partial charge in [-0.05, 0) is 32.9 Å². The molecule has 5 heteroatoms. The van der Waals surface area contributed by atoms with Gasteiger partial charge in [-0.25, -0.2) is 0 Å². The van der Waals surface area contributed by atoms with E-state index in [2.05, 4.69) is 0 Å². The van der Waals surface area contributed by atoms with Gasteiger partial charge < -0.3 is 9.42 Å². The summed E-state index contributed by atoms with van der Waals surface area (Å²) in [6.45, 7) is 11.2. The average molecular weight is 251 g/mol. The summed E-state index contributed by atoms with van der Waals surface area (Å²) in [6, 6.07) is 0. The average Bonchev–Trinajstić information content (AvgIpc) is 2.24. The van der Waals surface area contributed by atoms with Gasteiger partial charge in [0.05, 0.1) is 6.10 Å². The van der Waals surface area contributed by atoms with Crippen molar-refractivity contribution in [3.63, 3.8) is 0 Å². The van der Waals surface area contributed by atoms with Crippen LogP contribution < -0.4 is 0 Å². The lowest BCUT2D eigenvalue weighted by Crippen LogP contribution is -2.35. The summed E-state index contributed by atoms with van der Waals surface area (Å²) in [5, 5.41) is 0. The Kier molecular flexibility index (Phi) is 7.49. The van der Waals surface area contributed by atoms with Gasteiger partial charge in [0.2, 0.25) is 0 Å². The van der Waals surface area contributed by atoms with Gasteiger partial charge in [-0.15, -0.1) is 0 Å². The van der Waals surface area contributed by atoms with Crippen molar-refractivity contribution in [1.29, 1.82) is 0 Å². The van der Waals surface area contributed by atoms with Crippen molar-refractivity contribution < 1.29 is 14.0 Å². The van der Waals surface area contributed by atoms with E-state index in [1.54, 1.807) is 0 Å². The summed E-state index contributed by atoms with van der Waals surface area (Å²) < 4.78 is 17.5. The molecule has 0 heterocycles. The molecule has 3 atom stereocenters. The second kappa shape index (κ2) is 7.44. The summed E-state index contributed by atoms with van der Waals surface area (Å²) in [5.41, 5.74) is 0. The molecule has 0 amide bonds. The lowest BCUT2D eigenvalue weighted by molar-refractivity contribution is 0.150. The van der Waals surface area contributed by atoms with Crippen LogP contribution in [0.25, 0.3) is 0 Å². The largest absolute Gasteiger partial charge is 0.345 e. The van der Waals surface area contributed by atoms with E-state index in [-0.39, 0.29) is 11.9 Å². The van der Waals surface area contributed by atoms with Gasteiger partial charge in [-0.2, -0.15) is 0 Å². The molecule has 16 heavy (non-hydrogen) atoms. The highest BCUT2D eigenvalue weighted by molar-refractivity contribution is 7.53. The zero-order chi connectivity index (χ0) is 12.8. The zero-order valence-electron chi connectivity index (χ0n) is 11.1. The third-order valence-corrected chi connectivity index (χ3v) is 4.99. The number of hydrogen-bond donors (Lipinski definition) is 1. The van der Waals surface area contributed by atoms with Crippen LogP contribution in [0.2, 0.25) is 0 Å². The lowest BCUT2D eigenvalue weighted by Gasteiger charge is -2.32. The van der Waals surface area contributed by atoms with Crippen LogP contribution in [0.4, 0.5) is 0 Å². The van der Waals surface area contributed by atoms with Crippen molar-refractivity contribution in [2.75, 3.05) is 13.1 Å². The van der Waals surface area contributed by atoms with Gasteiger partial charge in [0.1, 0.15) is 5.78 Å². The fourth-order valence-electron chi connectivity index (χ4n) is 1.74. The molecule has 0 aliphatic carbocycles. The molecule has 0 bridgehead atoms. The van der Waals surface area contributed by atoms with E-state index in [1.807, 2.05) is 39.5 Å². The Morgan fingerprint density at radius 3 is 2.00 bits per heavy atom. The fourth-order valence-corrected chi connectivity index (χ4v) is 3.75. The van der Waals surface area contributed by atoms with E-state index < -0.39 is 7.60 Å². The highest BCUT2D eigenvalue weighted by Crippen LogP contribution is 2.51. The molecule has 4 nitrogen and oxygen atoms in total. The molecule has 98 valence electrons. The summed E-state index contributed by atoms with van der Waals surface area (Å²) in [4.78, 5) is 12.0. The topological polar surface area (TPSA) is 49.8 Å². The van der Waals surface area contributed by atoms with Crippen molar-refractivity contribution in [2.24, 2.45) is 0 Å². The fraction of sp³-hybridized carbons (Fsp3) is 1.00. The Balaban J connectivity index is 4.71. The highest BCUT2D eigenvalue weighted by Gasteiger charge is 2.35. The molecule has 0 aromatic rings. The Morgan fingerprint density at radius 2 is 1.69 bits per heavy atom. The predicted octanol–water partition coefficient (Wildman–Crippen LogP) is 3.06. The molecule has 0 aliphatic rings. The van der Waals surface area contributed by atoms with Gasteiger partial charge in [-0.3, -0.25) is 9.46 Å². The van der Waals surface area contributed by atoms with Gasteiger partial charge in [0.15, 0.2) is 0 Å². The molecular formula is C11H26NO3P. The lowest BCUT2D eigenvalue weighted by atomic mass is 10.3. The molecular weight excluding hydrogens is 225 g/mol. The van der Waals surface area contributed by atoms with Crippen molar-refractivity contribution in [2.45, 2.75) is 59.3 Å². The second-order valence-corrected chi connectivity index (χ2v) is 5.93. The van der Waals surface area contributed by atoms with Crippen LogP contribution >= 0.6 is 7.60 Å². The monoisotopic (exact) mass is 251 g/mol. The Bertz CT molecular complexity index is 231. The van der Waals surface area contributed by atoms with Gasteiger partial charge in [0, 0.05) is 0 Å². The van der Waals surface area contributed by atoms with Gasteiger partial charge in [-0.1, -0.05) is 27.7 Å². The minimum absolute atomic E-state index is 0.166.